The number of carbonyl (C=O) groups is 1. The maximum atomic E-state index is 12.3. The number of amidine groups is 1. The number of carbonyl (C=O) groups excluding carboxylic acids is 1. The number of H-pyrrole nitrogens is 1. The zero-order chi connectivity index (χ0) is 19.8. The number of hydrogen-bond acceptors (Lipinski definition) is 5. The highest BCUT2D eigenvalue weighted by molar-refractivity contribution is 9.10. The van der Waals surface area contributed by atoms with Crippen LogP contribution in [0.4, 0.5) is 5.82 Å². The predicted octanol–water partition coefficient (Wildman–Crippen LogP) is 2.38. The summed E-state index contributed by atoms with van der Waals surface area (Å²) in [6.07, 6.45) is 2.28. The molecule has 0 atom stereocenters. The zero-order valence-electron chi connectivity index (χ0n) is 15.5. The van der Waals surface area contributed by atoms with Crippen molar-refractivity contribution < 1.29 is 9.90 Å². The first kappa shape index (κ1) is 20.9. The lowest BCUT2D eigenvalue weighted by molar-refractivity contribution is 0.0944. The van der Waals surface area contributed by atoms with Crippen molar-refractivity contribution in [3.8, 4) is 5.75 Å². The highest BCUT2D eigenvalue weighted by Gasteiger charge is 2.17. The van der Waals surface area contributed by atoms with Crippen molar-refractivity contribution in [3.05, 3.63) is 40.0 Å². The number of nitrogens with one attached hydrogen (secondary N) is 2. The van der Waals surface area contributed by atoms with Crippen molar-refractivity contribution in [2.45, 2.75) is 19.8 Å². The Morgan fingerprint density at radius 2 is 2.15 bits per heavy atom. The van der Waals surface area contributed by atoms with Crippen LogP contribution in [0, 0.1) is 0 Å². The Hall–Kier alpha value is -2.39. The number of unbranched alkanes of at least 4 members (excludes halogenated alkanes) is 1. The molecule has 1 amide bonds. The number of aromatic nitrogens is 2. The molecule has 146 valence electrons. The van der Waals surface area contributed by atoms with Crippen LogP contribution in [0.15, 0.2) is 33.7 Å². The van der Waals surface area contributed by atoms with Crippen LogP contribution < -0.4 is 11.1 Å². The number of hydrogen-bond donors (Lipinski definition) is 4. The molecule has 1 heterocycles. The number of likely N-dealkylation sites (N-methyl/N-ethyl adjacent to an activating group) is 1. The largest absolute Gasteiger partial charge is 0.507 e. The number of aromatic hydroxyl groups is 1. The maximum absolute atomic E-state index is 12.3. The Bertz CT molecular complexity index is 805. The standard InChI is InChI=1S/C18H25BrN6O2/c1-3-4-10-25(2)11-9-21-18(27)15-14(19)17(24-23-15)22-16(20)12-7-5-6-8-13(12)26/h5-8,26H,3-4,9-11H2,1-2H3,(H,21,27)(H3,20,22,23,24). The second-order valence-corrected chi connectivity index (χ2v) is 6.96. The van der Waals surface area contributed by atoms with Crippen molar-refractivity contribution >= 4 is 33.5 Å². The molecule has 0 aliphatic heterocycles. The summed E-state index contributed by atoms with van der Waals surface area (Å²) in [6, 6.07) is 6.61. The number of aliphatic imine (C=N–C) groups is 1. The van der Waals surface area contributed by atoms with Crippen LogP contribution in [-0.2, 0) is 0 Å². The lowest BCUT2D eigenvalue weighted by Gasteiger charge is -2.16. The minimum atomic E-state index is -0.277. The van der Waals surface area contributed by atoms with Gasteiger partial charge < -0.3 is 21.1 Å². The molecule has 0 radical (unpaired) electrons. The summed E-state index contributed by atoms with van der Waals surface area (Å²) < 4.78 is 0.415. The van der Waals surface area contributed by atoms with Crippen molar-refractivity contribution in [3.63, 3.8) is 0 Å². The van der Waals surface area contributed by atoms with Gasteiger partial charge in [0.2, 0.25) is 0 Å². The summed E-state index contributed by atoms with van der Waals surface area (Å²) in [7, 11) is 2.03. The quantitative estimate of drug-likeness (QED) is 0.355. The van der Waals surface area contributed by atoms with Crippen molar-refractivity contribution in [1.82, 2.24) is 20.4 Å². The van der Waals surface area contributed by atoms with E-state index in [9.17, 15) is 9.90 Å². The average molecular weight is 437 g/mol. The Labute approximate surface area is 167 Å². The Morgan fingerprint density at radius 1 is 1.41 bits per heavy atom. The van der Waals surface area contributed by atoms with Gasteiger partial charge in [0, 0.05) is 13.1 Å². The van der Waals surface area contributed by atoms with E-state index in [-0.39, 0.29) is 29.0 Å². The minimum absolute atomic E-state index is 0.0237. The van der Waals surface area contributed by atoms with Crippen LogP contribution in [0.1, 0.15) is 35.8 Å². The van der Waals surface area contributed by atoms with E-state index in [2.05, 4.69) is 48.3 Å². The highest BCUT2D eigenvalue weighted by atomic mass is 79.9. The van der Waals surface area contributed by atoms with Crippen LogP contribution in [0.25, 0.3) is 0 Å². The number of rotatable bonds is 9. The maximum Gasteiger partial charge on any atom is 0.270 e. The lowest BCUT2D eigenvalue weighted by atomic mass is 10.2. The van der Waals surface area contributed by atoms with Gasteiger partial charge in [-0.05, 0) is 48.1 Å². The molecule has 8 nitrogen and oxygen atoms in total. The number of halogens is 1. The number of amides is 1. The fourth-order valence-corrected chi connectivity index (χ4v) is 2.84. The van der Waals surface area contributed by atoms with Crippen LogP contribution in [0.3, 0.4) is 0 Å². The Kier molecular flexibility index (Phi) is 7.81. The first-order valence-electron chi connectivity index (χ1n) is 8.77. The third-order valence-electron chi connectivity index (χ3n) is 4.00. The van der Waals surface area contributed by atoms with Gasteiger partial charge in [-0.1, -0.05) is 25.5 Å². The van der Waals surface area contributed by atoms with Gasteiger partial charge in [0.25, 0.3) is 5.91 Å². The van der Waals surface area contributed by atoms with E-state index in [4.69, 9.17) is 5.73 Å². The van der Waals surface area contributed by atoms with Gasteiger partial charge in [0.15, 0.2) is 5.82 Å². The third kappa shape index (κ3) is 5.80. The number of nitrogens with two attached hydrogens (primary N) is 1. The summed E-state index contributed by atoms with van der Waals surface area (Å²) >= 11 is 3.34. The molecule has 0 aliphatic rings. The second kappa shape index (κ2) is 10.1. The van der Waals surface area contributed by atoms with Crippen molar-refractivity contribution in [2.75, 3.05) is 26.7 Å². The Morgan fingerprint density at radius 3 is 2.85 bits per heavy atom. The van der Waals surface area contributed by atoms with Gasteiger partial charge in [-0.25, -0.2) is 4.99 Å². The topological polar surface area (TPSA) is 120 Å². The molecular weight excluding hydrogens is 412 g/mol. The first-order chi connectivity index (χ1) is 12.9. The molecule has 0 unspecified atom stereocenters. The van der Waals surface area contributed by atoms with Gasteiger partial charge in [-0.2, -0.15) is 5.10 Å². The summed E-state index contributed by atoms with van der Waals surface area (Å²) in [5.74, 6) is 0.0854. The highest BCUT2D eigenvalue weighted by Crippen LogP contribution is 2.27. The van der Waals surface area contributed by atoms with Crippen LogP contribution in [-0.4, -0.2) is 58.6 Å². The number of nitrogens with zero attached hydrogens (tertiary/aromatic N) is 3. The molecule has 0 spiro atoms. The van der Waals surface area contributed by atoms with Gasteiger partial charge in [0.05, 0.1) is 10.0 Å². The van der Waals surface area contributed by atoms with Crippen molar-refractivity contribution in [1.29, 1.82) is 0 Å². The molecule has 2 aromatic rings. The summed E-state index contributed by atoms with van der Waals surface area (Å²) in [5.41, 5.74) is 6.61. The SMILES string of the molecule is CCCCN(C)CCNC(=O)c1[nH]nc(N=C(N)c2ccccc2O)c1Br. The molecule has 0 aliphatic carbocycles. The van der Waals surface area contributed by atoms with E-state index >= 15 is 0 Å². The van der Waals surface area contributed by atoms with E-state index < -0.39 is 0 Å². The third-order valence-corrected chi connectivity index (χ3v) is 4.75. The van der Waals surface area contributed by atoms with Gasteiger partial charge in [-0.15, -0.1) is 0 Å². The monoisotopic (exact) mass is 436 g/mol. The van der Waals surface area contributed by atoms with E-state index in [1.54, 1.807) is 18.2 Å². The number of benzene rings is 1. The smallest absolute Gasteiger partial charge is 0.270 e. The van der Waals surface area contributed by atoms with Crippen LogP contribution in [0.5, 0.6) is 5.75 Å². The molecule has 1 aromatic heterocycles. The Balaban J connectivity index is 2.01. The fourth-order valence-electron chi connectivity index (χ4n) is 2.40. The predicted molar refractivity (Wildman–Crippen MR) is 110 cm³/mol. The molecule has 1 aromatic carbocycles. The van der Waals surface area contributed by atoms with Gasteiger partial charge >= 0.3 is 0 Å². The van der Waals surface area contributed by atoms with Crippen LogP contribution >= 0.6 is 15.9 Å². The molecule has 0 saturated carbocycles. The molecule has 0 saturated heterocycles. The van der Waals surface area contributed by atoms with E-state index in [1.807, 2.05) is 7.05 Å². The summed E-state index contributed by atoms with van der Waals surface area (Å²) in [6.45, 7) is 4.45. The number of para-hydroxylation sites is 1. The van der Waals surface area contributed by atoms with E-state index in [0.29, 0.717) is 16.6 Å². The lowest BCUT2D eigenvalue weighted by Crippen LogP contribution is -2.33. The van der Waals surface area contributed by atoms with E-state index in [0.717, 1.165) is 25.9 Å². The second-order valence-electron chi connectivity index (χ2n) is 6.16. The van der Waals surface area contributed by atoms with Crippen LogP contribution in [0.2, 0.25) is 0 Å². The molecule has 0 fully saturated rings. The normalized spacial score (nSPS) is 11.8. The fraction of sp³-hybridized carbons (Fsp3) is 0.389. The molecule has 9 heteroatoms. The number of aromatic amines is 1. The minimum Gasteiger partial charge on any atom is -0.507 e. The molecule has 27 heavy (non-hydrogen) atoms. The summed E-state index contributed by atoms with van der Waals surface area (Å²) in [4.78, 5) is 18.7. The molecular formula is C18H25BrN6O2. The average Bonchev–Trinajstić information content (AvgIpc) is 3.00. The zero-order valence-corrected chi connectivity index (χ0v) is 17.1. The molecule has 5 N–H and O–H groups in total. The molecule has 0 bridgehead atoms. The van der Waals surface area contributed by atoms with Gasteiger partial charge in [0.1, 0.15) is 17.3 Å². The number of phenolic OH excluding ortho intramolecular Hbond substituents is 1. The van der Waals surface area contributed by atoms with E-state index in [1.165, 1.54) is 6.07 Å². The van der Waals surface area contributed by atoms with Gasteiger partial charge in [-0.3, -0.25) is 9.89 Å². The summed E-state index contributed by atoms with van der Waals surface area (Å²) in [5, 5.41) is 19.4. The van der Waals surface area contributed by atoms with Crippen molar-refractivity contribution in [2.24, 2.45) is 10.7 Å². The number of phenols is 1. The first-order valence-corrected chi connectivity index (χ1v) is 9.56. The molecule has 2 rings (SSSR count).